The van der Waals surface area contributed by atoms with Crippen LogP contribution in [-0.2, 0) is 11.3 Å². The fourth-order valence-corrected chi connectivity index (χ4v) is 2.96. The van der Waals surface area contributed by atoms with Gasteiger partial charge in [0.25, 0.3) is 0 Å². The molecule has 0 radical (unpaired) electrons. The van der Waals surface area contributed by atoms with E-state index >= 15 is 0 Å². The number of carbonyl (C=O) groups excluding carboxylic acids is 1. The summed E-state index contributed by atoms with van der Waals surface area (Å²) in [4.78, 5) is 22.8. The Labute approximate surface area is 158 Å². The molecule has 1 amide bonds. The summed E-state index contributed by atoms with van der Waals surface area (Å²) < 4.78 is 0. The monoisotopic (exact) mass is 371 g/mol. The third kappa shape index (κ3) is 4.73. The van der Waals surface area contributed by atoms with Gasteiger partial charge < -0.3 is 15.5 Å². The number of anilines is 1. The third-order valence-corrected chi connectivity index (χ3v) is 4.31. The van der Waals surface area contributed by atoms with Crippen LogP contribution in [0.15, 0.2) is 53.7 Å². The lowest BCUT2D eigenvalue weighted by atomic mass is 10.2. The van der Waals surface area contributed by atoms with Gasteiger partial charge >= 0.3 is 0 Å². The number of guanidine groups is 1. The van der Waals surface area contributed by atoms with Crippen molar-refractivity contribution in [2.24, 2.45) is 4.99 Å². The summed E-state index contributed by atoms with van der Waals surface area (Å²) in [5.41, 5.74) is 1.90. The summed E-state index contributed by atoms with van der Waals surface area (Å²) in [5, 5.41) is 7.05. The van der Waals surface area contributed by atoms with Gasteiger partial charge in [0.1, 0.15) is 5.15 Å². The van der Waals surface area contributed by atoms with Crippen LogP contribution in [0.1, 0.15) is 18.9 Å². The Morgan fingerprint density at radius 1 is 1.31 bits per heavy atom. The first-order chi connectivity index (χ1) is 12.7. The smallest absolute Gasteiger partial charge is 0.229 e. The van der Waals surface area contributed by atoms with E-state index in [1.54, 1.807) is 12.3 Å². The molecule has 1 fully saturated rings. The molecular weight excluding hydrogens is 350 g/mol. The molecule has 1 saturated heterocycles. The number of pyridine rings is 1. The SMILES string of the molecule is CCNC(=NCc1ccc(Cl)nc1)NC1CC(=O)N(c2ccccc2)C1. The molecule has 1 unspecified atom stereocenters. The van der Waals surface area contributed by atoms with Gasteiger partial charge in [0.05, 0.1) is 12.6 Å². The fraction of sp³-hybridized carbons (Fsp3) is 0.316. The highest BCUT2D eigenvalue weighted by atomic mass is 35.5. The van der Waals surface area contributed by atoms with Crippen LogP contribution in [0.25, 0.3) is 0 Å². The van der Waals surface area contributed by atoms with Gasteiger partial charge in [-0.2, -0.15) is 0 Å². The van der Waals surface area contributed by atoms with Crippen LogP contribution in [0.3, 0.4) is 0 Å². The van der Waals surface area contributed by atoms with E-state index in [-0.39, 0.29) is 11.9 Å². The van der Waals surface area contributed by atoms with E-state index in [9.17, 15) is 4.79 Å². The van der Waals surface area contributed by atoms with E-state index in [0.29, 0.717) is 30.6 Å². The number of hydrogen-bond acceptors (Lipinski definition) is 3. The maximum absolute atomic E-state index is 12.3. The topological polar surface area (TPSA) is 69.6 Å². The molecule has 0 aliphatic carbocycles. The van der Waals surface area contributed by atoms with E-state index in [4.69, 9.17) is 11.6 Å². The highest BCUT2D eigenvalue weighted by Gasteiger charge is 2.30. The number of para-hydroxylation sites is 1. The number of halogens is 1. The minimum atomic E-state index is 0.0175. The van der Waals surface area contributed by atoms with Gasteiger partial charge in [0.2, 0.25) is 5.91 Å². The largest absolute Gasteiger partial charge is 0.357 e. The normalized spacial score (nSPS) is 17.5. The average molecular weight is 372 g/mol. The average Bonchev–Trinajstić information content (AvgIpc) is 3.02. The molecule has 1 aliphatic rings. The van der Waals surface area contributed by atoms with Crippen LogP contribution in [-0.4, -0.2) is 36.0 Å². The van der Waals surface area contributed by atoms with Crippen LogP contribution in [0.4, 0.5) is 5.69 Å². The summed E-state index contributed by atoms with van der Waals surface area (Å²) in [7, 11) is 0. The molecule has 0 saturated carbocycles. The molecule has 136 valence electrons. The number of amides is 1. The van der Waals surface area contributed by atoms with Crippen molar-refractivity contribution >= 4 is 29.2 Å². The highest BCUT2D eigenvalue weighted by molar-refractivity contribution is 6.29. The number of aliphatic imine (C=N–C) groups is 1. The van der Waals surface area contributed by atoms with Crippen molar-refractivity contribution in [1.29, 1.82) is 0 Å². The molecule has 2 N–H and O–H groups in total. The quantitative estimate of drug-likeness (QED) is 0.481. The van der Waals surface area contributed by atoms with E-state index in [2.05, 4.69) is 20.6 Å². The molecular formula is C19H22ClN5O. The molecule has 1 aromatic heterocycles. The maximum Gasteiger partial charge on any atom is 0.229 e. The summed E-state index contributed by atoms with van der Waals surface area (Å²) in [6.45, 7) is 3.86. The first-order valence-corrected chi connectivity index (χ1v) is 9.04. The maximum atomic E-state index is 12.3. The first-order valence-electron chi connectivity index (χ1n) is 8.66. The second kappa shape index (κ2) is 8.67. The second-order valence-corrected chi connectivity index (χ2v) is 6.46. The molecule has 1 aromatic carbocycles. The lowest BCUT2D eigenvalue weighted by molar-refractivity contribution is -0.117. The van der Waals surface area contributed by atoms with Gasteiger partial charge in [-0.1, -0.05) is 35.9 Å². The standard InChI is InChI=1S/C19H22ClN5O/c1-2-21-19(23-12-14-8-9-17(20)22-11-14)24-15-10-18(26)25(13-15)16-6-4-3-5-7-16/h3-9,11,15H,2,10,12-13H2,1H3,(H2,21,23,24). The van der Waals surface area contributed by atoms with Gasteiger partial charge in [-0.15, -0.1) is 0 Å². The zero-order chi connectivity index (χ0) is 18.4. The van der Waals surface area contributed by atoms with Crippen LogP contribution < -0.4 is 15.5 Å². The predicted molar refractivity (Wildman–Crippen MR) is 104 cm³/mol. The van der Waals surface area contributed by atoms with E-state index in [1.165, 1.54) is 0 Å². The summed E-state index contributed by atoms with van der Waals surface area (Å²) >= 11 is 5.81. The van der Waals surface area contributed by atoms with Crippen LogP contribution in [0.2, 0.25) is 5.15 Å². The Morgan fingerprint density at radius 2 is 2.12 bits per heavy atom. The van der Waals surface area contributed by atoms with E-state index in [0.717, 1.165) is 17.8 Å². The van der Waals surface area contributed by atoms with Gasteiger partial charge in [-0.3, -0.25) is 4.79 Å². The molecule has 1 atom stereocenters. The minimum absolute atomic E-state index is 0.0175. The zero-order valence-corrected chi connectivity index (χ0v) is 15.4. The zero-order valence-electron chi connectivity index (χ0n) is 14.7. The van der Waals surface area contributed by atoms with Crippen molar-refractivity contribution < 1.29 is 4.79 Å². The third-order valence-electron chi connectivity index (χ3n) is 4.09. The van der Waals surface area contributed by atoms with Crippen LogP contribution >= 0.6 is 11.6 Å². The lowest BCUT2D eigenvalue weighted by Crippen LogP contribution is -2.44. The van der Waals surface area contributed by atoms with Crippen molar-refractivity contribution in [3.8, 4) is 0 Å². The number of carbonyl (C=O) groups is 1. The van der Waals surface area contributed by atoms with Gasteiger partial charge in [-0.25, -0.2) is 9.98 Å². The molecule has 2 aromatic rings. The number of hydrogen-bond donors (Lipinski definition) is 2. The lowest BCUT2D eigenvalue weighted by Gasteiger charge is -2.19. The van der Waals surface area contributed by atoms with Crippen LogP contribution in [0, 0.1) is 0 Å². The molecule has 26 heavy (non-hydrogen) atoms. The number of aromatic nitrogens is 1. The van der Waals surface area contributed by atoms with Crippen molar-refractivity contribution in [2.75, 3.05) is 18.0 Å². The minimum Gasteiger partial charge on any atom is -0.357 e. The second-order valence-electron chi connectivity index (χ2n) is 6.07. The Balaban J connectivity index is 1.63. The van der Waals surface area contributed by atoms with Crippen molar-refractivity contribution in [3.63, 3.8) is 0 Å². The van der Waals surface area contributed by atoms with Crippen molar-refractivity contribution in [2.45, 2.75) is 25.9 Å². The van der Waals surface area contributed by atoms with Crippen molar-refractivity contribution in [3.05, 3.63) is 59.4 Å². The van der Waals surface area contributed by atoms with Gasteiger partial charge in [0.15, 0.2) is 5.96 Å². The number of nitrogens with zero attached hydrogens (tertiary/aromatic N) is 3. The van der Waals surface area contributed by atoms with Crippen molar-refractivity contribution in [1.82, 2.24) is 15.6 Å². The van der Waals surface area contributed by atoms with Gasteiger partial charge in [0, 0.05) is 31.4 Å². The van der Waals surface area contributed by atoms with E-state index in [1.807, 2.05) is 48.2 Å². The number of nitrogens with one attached hydrogen (secondary N) is 2. The molecule has 6 nitrogen and oxygen atoms in total. The van der Waals surface area contributed by atoms with Gasteiger partial charge in [-0.05, 0) is 30.7 Å². The Kier molecular flexibility index (Phi) is 6.07. The summed E-state index contributed by atoms with van der Waals surface area (Å²) in [5.74, 6) is 0.807. The molecule has 0 bridgehead atoms. The number of rotatable bonds is 5. The molecule has 2 heterocycles. The molecule has 7 heteroatoms. The van der Waals surface area contributed by atoms with E-state index < -0.39 is 0 Å². The molecule has 1 aliphatic heterocycles. The molecule has 3 rings (SSSR count). The molecule has 0 spiro atoms. The van der Waals surface area contributed by atoms with Crippen LogP contribution in [0.5, 0.6) is 0 Å². The Bertz CT molecular complexity index is 763. The Morgan fingerprint density at radius 3 is 2.81 bits per heavy atom. The highest BCUT2D eigenvalue weighted by Crippen LogP contribution is 2.21. The fourth-order valence-electron chi connectivity index (χ4n) is 2.85. The summed E-state index contributed by atoms with van der Waals surface area (Å²) in [6.07, 6.45) is 2.16. The number of benzene rings is 1. The summed E-state index contributed by atoms with van der Waals surface area (Å²) in [6, 6.07) is 13.4. The predicted octanol–water partition coefficient (Wildman–Crippen LogP) is 2.60. The Hall–Kier alpha value is -2.60. The first kappa shape index (κ1) is 18.2.